The number of nitrogens with zero attached hydrogens (tertiary/aromatic N) is 3. The van der Waals surface area contributed by atoms with Crippen LogP contribution in [-0.4, -0.2) is 34.2 Å². The van der Waals surface area contributed by atoms with Crippen LogP contribution in [0.4, 0.5) is 5.13 Å². The van der Waals surface area contributed by atoms with Gasteiger partial charge in [-0.3, -0.25) is 4.90 Å². The summed E-state index contributed by atoms with van der Waals surface area (Å²) in [5.74, 6) is 1.07. The summed E-state index contributed by atoms with van der Waals surface area (Å²) in [4.78, 5) is 2.52. The van der Waals surface area contributed by atoms with Gasteiger partial charge in [-0.2, -0.15) is 0 Å². The molecule has 2 heterocycles. The molecule has 22 heavy (non-hydrogen) atoms. The highest BCUT2D eigenvalue weighted by atomic mass is 32.1. The summed E-state index contributed by atoms with van der Waals surface area (Å²) in [6.45, 7) is 9.84. The Morgan fingerprint density at radius 3 is 2.68 bits per heavy atom. The fourth-order valence-corrected chi connectivity index (χ4v) is 3.72. The lowest BCUT2D eigenvalue weighted by molar-refractivity contribution is 0.319. The molecular weight excluding hydrogens is 292 g/mol. The predicted octanol–water partition coefficient (Wildman–Crippen LogP) is 3.59. The van der Waals surface area contributed by atoms with Crippen LogP contribution in [0.1, 0.15) is 37.3 Å². The van der Waals surface area contributed by atoms with Crippen LogP contribution >= 0.6 is 11.3 Å². The van der Waals surface area contributed by atoms with Crippen molar-refractivity contribution in [2.45, 2.75) is 39.3 Å². The third-order valence-electron chi connectivity index (χ3n) is 4.18. The Balaban J connectivity index is 1.58. The van der Waals surface area contributed by atoms with Gasteiger partial charge in [0, 0.05) is 31.6 Å². The van der Waals surface area contributed by atoms with E-state index in [1.54, 1.807) is 11.3 Å². The molecule has 3 rings (SSSR count). The molecule has 0 spiro atoms. The molecule has 118 valence electrons. The van der Waals surface area contributed by atoms with E-state index in [1.807, 2.05) is 0 Å². The molecule has 1 aromatic heterocycles. The largest absolute Gasteiger partial charge is 0.356 e. The van der Waals surface area contributed by atoms with Gasteiger partial charge >= 0.3 is 0 Å². The summed E-state index contributed by atoms with van der Waals surface area (Å²) in [6.07, 6.45) is 0. The highest BCUT2D eigenvalue weighted by Crippen LogP contribution is 2.26. The second kappa shape index (κ2) is 6.75. The Labute approximate surface area is 136 Å². The lowest BCUT2D eigenvalue weighted by Crippen LogP contribution is -2.27. The van der Waals surface area contributed by atoms with Gasteiger partial charge in [-0.05, 0) is 11.5 Å². The summed E-state index contributed by atoms with van der Waals surface area (Å²) >= 11 is 1.68. The monoisotopic (exact) mass is 316 g/mol. The van der Waals surface area contributed by atoms with E-state index < -0.39 is 0 Å². The number of benzene rings is 1. The van der Waals surface area contributed by atoms with E-state index in [9.17, 15) is 0 Å². The standard InChI is InChI=1S/C17H24N4S/c1-12(2)16-19-20-17(22-16)18-15-11-21(9-13(15)3)10-14-7-5-4-6-8-14/h4-8,12-13,15H,9-11H2,1-3H3,(H,18,20). The van der Waals surface area contributed by atoms with Crippen molar-refractivity contribution in [3.63, 3.8) is 0 Å². The molecule has 1 aliphatic rings. The van der Waals surface area contributed by atoms with Crippen LogP contribution in [0, 0.1) is 5.92 Å². The van der Waals surface area contributed by atoms with Crippen LogP contribution in [0.15, 0.2) is 30.3 Å². The van der Waals surface area contributed by atoms with E-state index in [0.29, 0.717) is 17.9 Å². The van der Waals surface area contributed by atoms with Gasteiger partial charge in [0.25, 0.3) is 0 Å². The van der Waals surface area contributed by atoms with Crippen LogP contribution in [0.2, 0.25) is 0 Å². The van der Waals surface area contributed by atoms with Gasteiger partial charge in [0.05, 0.1) is 0 Å². The van der Waals surface area contributed by atoms with Gasteiger partial charge in [-0.1, -0.05) is 62.4 Å². The van der Waals surface area contributed by atoms with Gasteiger partial charge in [0.15, 0.2) is 0 Å². The molecule has 2 atom stereocenters. The van der Waals surface area contributed by atoms with Crippen molar-refractivity contribution in [2.24, 2.45) is 5.92 Å². The summed E-state index contributed by atoms with van der Waals surface area (Å²) in [5.41, 5.74) is 1.38. The Morgan fingerprint density at radius 1 is 1.23 bits per heavy atom. The van der Waals surface area contributed by atoms with Crippen molar-refractivity contribution < 1.29 is 0 Å². The topological polar surface area (TPSA) is 41.1 Å². The van der Waals surface area contributed by atoms with Gasteiger partial charge in [0.2, 0.25) is 5.13 Å². The van der Waals surface area contributed by atoms with Crippen molar-refractivity contribution in [2.75, 3.05) is 18.4 Å². The van der Waals surface area contributed by atoms with Gasteiger partial charge < -0.3 is 5.32 Å². The average molecular weight is 316 g/mol. The summed E-state index contributed by atoms with van der Waals surface area (Å²) < 4.78 is 0. The Morgan fingerprint density at radius 2 is 2.00 bits per heavy atom. The number of likely N-dealkylation sites (tertiary alicyclic amines) is 1. The Bertz CT molecular complexity index is 596. The van der Waals surface area contributed by atoms with Crippen molar-refractivity contribution in [3.05, 3.63) is 40.9 Å². The highest BCUT2D eigenvalue weighted by Gasteiger charge is 2.30. The second-order valence-corrected chi connectivity index (χ2v) is 7.52. The van der Waals surface area contributed by atoms with E-state index in [1.165, 1.54) is 5.56 Å². The lowest BCUT2D eigenvalue weighted by Gasteiger charge is -2.16. The molecule has 1 N–H and O–H groups in total. The van der Waals surface area contributed by atoms with Crippen LogP contribution in [0.25, 0.3) is 0 Å². The third-order valence-corrected chi connectivity index (χ3v) is 5.34. The van der Waals surface area contributed by atoms with Crippen LogP contribution in [0.5, 0.6) is 0 Å². The zero-order chi connectivity index (χ0) is 15.5. The molecule has 1 saturated heterocycles. The summed E-state index contributed by atoms with van der Waals surface area (Å²) in [5, 5.41) is 14.2. The molecule has 0 radical (unpaired) electrons. The molecule has 0 saturated carbocycles. The molecule has 1 aromatic carbocycles. The Hall–Kier alpha value is -1.46. The van der Waals surface area contributed by atoms with Crippen molar-refractivity contribution in [1.82, 2.24) is 15.1 Å². The Kier molecular flexibility index (Phi) is 4.74. The fourth-order valence-electron chi connectivity index (χ4n) is 2.91. The van der Waals surface area contributed by atoms with Gasteiger partial charge in [-0.25, -0.2) is 0 Å². The van der Waals surface area contributed by atoms with E-state index in [0.717, 1.165) is 29.8 Å². The zero-order valence-corrected chi connectivity index (χ0v) is 14.3. The minimum atomic E-state index is 0.448. The molecule has 0 aliphatic carbocycles. The first kappa shape index (κ1) is 15.4. The fraction of sp³-hybridized carbons (Fsp3) is 0.529. The molecule has 2 unspecified atom stereocenters. The minimum absolute atomic E-state index is 0.448. The molecule has 0 bridgehead atoms. The molecule has 1 aliphatic heterocycles. The van der Waals surface area contributed by atoms with E-state index >= 15 is 0 Å². The number of rotatable bonds is 5. The predicted molar refractivity (Wildman–Crippen MR) is 92.3 cm³/mol. The summed E-state index contributed by atoms with van der Waals surface area (Å²) in [7, 11) is 0. The number of nitrogens with one attached hydrogen (secondary N) is 1. The smallest absolute Gasteiger partial charge is 0.205 e. The number of hydrogen-bond acceptors (Lipinski definition) is 5. The van der Waals surface area contributed by atoms with E-state index in [4.69, 9.17) is 0 Å². The first-order valence-corrected chi connectivity index (χ1v) is 8.79. The first-order valence-electron chi connectivity index (χ1n) is 7.98. The number of hydrogen-bond donors (Lipinski definition) is 1. The maximum atomic E-state index is 4.28. The normalized spacial score (nSPS) is 22.4. The zero-order valence-electron chi connectivity index (χ0n) is 13.5. The SMILES string of the molecule is CC(C)c1nnc(NC2CN(Cc3ccccc3)CC2C)s1. The molecule has 1 fully saturated rings. The average Bonchev–Trinajstić information content (AvgIpc) is 3.08. The number of anilines is 1. The molecular formula is C17H24N4S. The van der Waals surface area contributed by atoms with Crippen LogP contribution < -0.4 is 5.32 Å². The third kappa shape index (κ3) is 3.65. The van der Waals surface area contributed by atoms with E-state index in [-0.39, 0.29) is 0 Å². The van der Waals surface area contributed by atoms with E-state index in [2.05, 4.69) is 71.5 Å². The highest BCUT2D eigenvalue weighted by molar-refractivity contribution is 7.15. The first-order chi connectivity index (χ1) is 10.6. The van der Waals surface area contributed by atoms with Gasteiger partial charge in [-0.15, -0.1) is 10.2 Å². The van der Waals surface area contributed by atoms with Crippen LogP contribution in [-0.2, 0) is 6.54 Å². The second-order valence-electron chi connectivity index (χ2n) is 6.51. The number of aromatic nitrogens is 2. The maximum absolute atomic E-state index is 4.28. The maximum Gasteiger partial charge on any atom is 0.205 e. The molecule has 2 aromatic rings. The molecule has 4 nitrogen and oxygen atoms in total. The minimum Gasteiger partial charge on any atom is -0.356 e. The van der Waals surface area contributed by atoms with Crippen LogP contribution in [0.3, 0.4) is 0 Å². The van der Waals surface area contributed by atoms with Crippen molar-refractivity contribution in [3.8, 4) is 0 Å². The van der Waals surface area contributed by atoms with Crippen molar-refractivity contribution >= 4 is 16.5 Å². The molecule has 0 amide bonds. The van der Waals surface area contributed by atoms with Crippen molar-refractivity contribution in [1.29, 1.82) is 0 Å². The summed E-state index contributed by atoms with van der Waals surface area (Å²) in [6, 6.07) is 11.1. The lowest BCUT2D eigenvalue weighted by atomic mass is 10.1. The molecule has 5 heteroatoms. The quantitative estimate of drug-likeness (QED) is 0.915. The van der Waals surface area contributed by atoms with Gasteiger partial charge in [0.1, 0.15) is 5.01 Å².